The molecule has 1 saturated heterocycles. The number of alkyl halides is 2. The number of aryl methyl sites for hydroxylation is 1. The second kappa shape index (κ2) is 9.97. The molecule has 6 nitrogen and oxygen atoms in total. The summed E-state index contributed by atoms with van der Waals surface area (Å²) in [6, 6.07) is 5.74. The first-order valence-electron chi connectivity index (χ1n) is 10.0. The molecule has 0 saturated carbocycles. The zero-order valence-electron chi connectivity index (χ0n) is 17.0. The molecule has 2 heterocycles. The largest absolute Gasteiger partial charge is 0.435 e. The first kappa shape index (κ1) is 22.1. The third-order valence-corrected chi connectivity index (χ3v) is 5.86. The van der Waals surface area contributed by atoms with Crippen LogP contribution in [0.5, 0.6) is 5.75 Å². The Bertz CT molecular complexity index is 886. The number of aromatic nitrogens is 1. The predicted molar refractivity (Wildman–Crippen MR) is 112 cm³/mol. The molecule has 0 radical (unpaired) electrons. The monoisotopic (exact) mass is 437 g/mol. The Labute approximate surface area is 178 Å². The van der Waals surface area contributed by atoms with Gasteiger partial charge in [-0.1, -0.05) is 6.92 Å². The van der Waals surface area contributed by atoms with Gasteiger partial charge in [0.15, 0.2) is 5.13 Å². The number of benzene rings is 1. The van der Waals surface area contributed by atoms with Crippen LogP contribution in [0.15, 0.2) is 24.3 Å². The molecule has 2 aromatic rings. The van der Waals surface area contributed by atoms with Gasteiger partial charge in [-0.05, 0) is 56.9 Å². The van der Waals surface area contributed by atoms with E-state index in [0.717, 1.165) is 29.7 Å². The number of nitrogens with one attached hydrogen (secondary N) is 1. The third kappa shape index (κ3) is 5.33. The summed E-state index contributed by atoms with van der Waals surface area (Å²) in [5, 5.41) is 3.31. The fourth-order valence-electron chi connectivity index (χ4n) is 3.56. The van der Waals surface area contributed by atoms with E-state index < -0.39 is 12.7 Å². The van der Waals surface area contributed by atoms with Crippen molar-refractivity contribution in [1.82, 2.24) is 9.88 Å². The number of carbonyl (C=O) groups is 2. The number of likely N-dealkylation sites (tertiary alicyclic amines) is 1. The maximum absolute atomic E-state index is 12.9. The average Bonchev–Trinajstić information content (AvgIpc) is 3.08. The molecule has 1 atom stereocenters. The summed E-state index contributed by atoms with van der Waals surface area (Å²) >= 11 is 1.34. The van der Waals surface area contributed by atoms with Crippen molar-refractivity contribution in [3.05, 3.63) is 29.1 Å². The summed E-state index contributed by atoms with van der Waals surface area (Å²) in [6.07, 6.45) is 3.65. The van der Waals surface area contributed by atoms with Crippen LogP contribution >= 0.6 is 11.3 Å². The third-order valence-electron chi connectivity index (χ3n) is 4.97. The summed E-state index contributed by atoms with van der Waals surface area (Å²) in [5.74, 6) is -0.135. The molecule has 30 heavy (non-hydrogen) atoms. The van der Waals surface area contributed by atoms with Crippen LogP contribution in [0.1, 0.15) is 43.9 Å². The summed E-state index contributed by atoms with van der Waals surface area (Å²) in [4.78, 5) is 32.3. The van der Waals surface area contributed by atoms with Crippen molar-refractivity contribution < 1.29 is 23.1 Å². The fourth-order valence-corrected chi connectivity index (χ4v) is 4.40. The number of rotatable bonds is 7. The van der Waals surface area contributed by atoms with E-state index >= 15 is 0 Å². The zero-order valence-corrected chi connectivity index (χ0v) is 17.8. The van der Waals surface area contributed by atoms with Crippen LogP contribution in [-0.2, 0) is 9.59 Å². The van der Waals surface area contributed by atoms with E-state index in [1.54, 1.807) is 17.0 Å². The Balaban J connectivity index is 1.71. The predicted octanol–water partition coefficient (Wildman–Crippen LogP) is 4.84. The lowest BCUT2D eigenvalue weighted by molar-refractivity contribution is -0.140. The molecule has 1 N–H and O–H groups in total. The lowest BCUT2D eigenvalue weighted by atomic mass is 10.0. The van der Waals surface area contributed by atoms with Gasteiger partial charge < -0.3 is 15.0 Å². The van der Waals surface area contributed by atoms with Gasteiger partial charge in [-0.25, -0.2) is 4.98 Å². The highest BCUT2D eigenvalue weighted by Gasteiger charge is 2.32. The summed E-state index contributed by atoms with van der Waals surface area (Å²) in [5.41, 5.74) is 1.41. The fraction of sp³-hybridized carbons (Fsp3) is 0.476. The minimum Gasteiger partial charge on any atom is -0.435 e. The molecular formula is C21H25F2N3O3S. The van der Waals surface area contributed by atoms with Crippen LogP contribution in [0.3, 0.4) is 0 Å². The molecule has 2 amide bonds. The van der Waals surface area contributed by atoms with Gasteiger partial charge in [0.25, 0.3) is 0 Å². The normalized spacial score (nSPS) is 16.6. The highest BCUT2D eigenvalue weighted by molar-refractivity contribution is 7.16. The van der Waals surface area contributed by atoms with Crippen LogP contribution in [-0.4, -0.2) is 40.9 Å². The molecule has 3 rings (SSSR count). The van der Waals surface area contributed by atoms with E-state index in [9.17, 15) is 18.4 Å². The van der Waals surface area contributed by atoms with E-state index in [0.29, 0.717) is 30.2 Å². The Morgan fingerprint density at radius 3 is 2.70 bits per heavy atom. The molecule has 162 valence electrons. The molecule has 0 bridgehead atoms. The Morgan fingerprint density at radius 2 is 2.03 bits per heavy atom. The Hall–Kier alpha value is -2.55. The minimum atomic E-state index is -2.87. The van der Waals surface area contributed by atoms with Crippen LogP contribution in [0.4, 0.5) is 13.9 Å². The molecule has 0 aliphatic carbocycles. The van der Waals surface area contributed by atoms with Gasteiger partial charge in [0.1, 0.15) is 11.8 Å². The number of hydrogen-bond acceptors (Lipinski definition) is 5. The van der Waals surface area contributed by atoms with Gasteiger partial charge in [0.2, 0.25) is 11.8 Å². The van der Waals surface area contributed by atoms with Crippen LogP contribution in [0, 0.1) is 6.92 Å². The maximum Gasteiger partial charge on any atom is 0.387 e. The van der Waals surface area contributed by atoms with E-state index in [4.69, 9.17) is 0 Å². The number of anilines is 1. The Kier molecular flexibility index (Phi) is 7.36. The molecule has 1 aromatic carbocycles. The number of carbonyl (C=O) groups excluding carboxylic acids is 2. The summed E-state index contributed by atoms with van der Waals surface area (Å²) < 4.78 is 29.0. The number of thiazole rings is 1. The summed E-state index contributed by atoms with van der Waals surface area (Å²) in [6.45, 7) is 1.56. The van der Waals surface area contributed by atoms with Crippen molar-refractivity contribution >= 4 is 28.3 Å². The number of piperidine rings is 1. The average molecular weight is 438 g/mol. The first-order chi connectivity index (χ1) is 14.4. The zero-order chi connectivity index (χ0) is 21.7. The number of ether oxygens (including phenoxy) is 1. The van der Waals surface area contributed by atoms with Crippen molar-refractivity contribution in [2.75, 3.05) is 11.9 Å². The van der Waals surface area contributed by atoms with Gasteiger partial charge in [-0.15, -0.1) is 11.3 Å². The van der Waals surface area contributed by atoms with E-state index in [1.165, 1.54) is 23.5 Å². The van der Waals surface area contributed by atoms with Crippen molar-refractivity contribution in [2.45, 2.75) is 58.6 Å². The van der Waals surface area contributed by atoms with Gasteiger partial charge in [-0.3, -0.25) is 9.59 Å². The van der Waals surface area contributed by atoms with Crippen molar-refractivity contribution in [3.8, 4) is 17.0 Å². The minimum absolute atomic E-state index is 0.0134. The molecule has 1 fully saturated rings. The molecule has 1 aromatic heterocycles. The number of nitrogens with zero attached hydrogens (tertiary/aromatic N) is 2. The second-order valence-corrected chi connectivity index (χ2v) is 8.37. The van der Waals surface area contributed by atoms with Gasteiger partial charge in [0, 0.05) is 23.4 Å². The van der Waals surface area contributed by atoms with Crippen LogP contribution in [0.2, 0.25) is 0 Å². The molecule has 1 aliphatic rings. The smallest absolute Gasteiger partial charge is 0.387 e. The van der Waals surface area contributed by atoms with Crippen LogP contribution < -0.4 is 10.1 Å². The van der Waals surface area contributed by atoms with E-state index in [2.05, 4.69) is 15.0 Å². The molecule has 1 unspecified atom stereocenters. The molecule has 1 aliphatic heterocycles. The van der Waals surface area contributed by atoms with Gasteiger partial charge in [0.05, 0.1) is 5.69 Å². The lowest BCUT2D eigenvalue weighted by Gasteiger charge is -2.34. The highest BCUT2D eigenvalue weighted by atomic mass is 32.1. The summed E-state index contributed by atoms with van der Waals surface area (Å²) in [7, 11) is 0. The van der Waals surface area contributed by atoms with Crippen molar-refractivity contribution in [1.29, 1.82) is 0 Å². The number of hydrogen-bond donors (Lipinski definition) is 1. The van der Waals surface area contributed by atoms with Crippen molar-refractivity contribution in [3.63, 3.8) is 0 Å². The first-order valence-corrected chi connectivity index (χ1v) is 10.8. The number of amides is 2. The van der Waals surface area contributed by atoms with E-state index in [-0.39, 0.29) is 17.6 Å². The second-order valence-electron chi connectivity index (χ2n) is 7.16. The van der Waals surface area contributed by atoms with Gasteiger partial charge >= 0.3 is 6.61 Å². The molecular weight excluding hydrogens is 412 g/mol. The highest BCUT2D eigenvalue weighted by Crippen LogP contribution is 2.32. The SMILES string of the molecule is CCCC(=O)N1CCCCC1C(=O)Nc1nc(-c2ccc(OC(F)F)cc2)c(C)s1. The topological polar surface area (TPSA) is 71.5 Å². The standard InChI is InChI=1S/C21H25F2N3O3S/c1-3-6-17(27)26-12-5-4-7-16(26)19(28)25-21-24-18(13(2)30-21)14-8-10-15(11-9-14)29-20(22)23/h8-11,16,20H,3-7,12H2,1-2H3,(H,24,25,28). The number of halogens is 2. The van der Waals surface area contributed by atoms with E-state index in [1.807, 2.05) is 13.8 Å². The van der Waals surface area contributed by atoms with Crippen molar-refractivity contribution in [2.24, 2.45) is 0 Å². The lowest BCUT2D eigenvalue weighted by Crippen LogP contribution is -2.49. The molecule has 9 heteroatoms. The van der Waals surface area contributed by atoms with Crippen LogP contribution in [0.25, 0.3) is 11.3 Å². The Morgan fingerprint density at radius 1 is 1.30 bits per heavy atom. The quantitative estimate of drug-likeness (QED) is 0.673. The van der Waals surface area contributed by atoms with Gasteiger partial charge in [-0.2, -0.15) is 8.78 Å². The maximum atomic E-state index is 12.9. The molecule has 0 spiro atoms.